The van der Waals surface area contributed by atoms with Crippen molar-refractivity contribution >= 4 is 35.2 Å². The number of rotatable bonds is 6. The number of amides is 2. The summed E-state index contributed by atoms with van der Waals surface area (Å²) >= 11 is 7.07. The zero-order chi connectivity index (χ0) is 18.5. The van der Waals surface area contributed by atoms with Gasteiger partial charge < -0.3 is 10.6 Å². The van der Waals surface area contributed by atoms with Crippen LogP contribution in [0.15, 0.2) is 47.4 Å². The third kappa shape index (κ3) is 4.37. The van der Waals surface area contributed by atoms with E-state index in [1.807, 2.05) is 24.3 Å². The summed E-state index contributed by atoms with van der Waals surface area (Å²) < 4.78 is 14.2. The molecule has 0 aliphatic carbocycles. The van der Waals surface area contributed by atoms with Crippen molar-refractivity contribution in [2.45, 2.75) is 23.9 Å². The summed E-state index contributed by atoms with van der Waals surface area (Å²) in [6.07, 6.45) is 0. The molecule has 0 saturated carbocycles. The molecule has 4 nitrogen and oxygen atoms in total. The van der Waals surface area contributed by atoms with Crippen molar-refractivity contribution in [2.75, 3.05) is 11.6 Å². The highest BCUT2D eigenvalue weighted by Gasteiger charge is 2.28. The molecular weight excluding hydrogens is 375 g/mol. The molecule has 2 aromatic rings. The number of halogens is 2. The van der Waals surface area contributed by atoms with E-state index in [-0.39, 0.29) is 36.7 Å². The minimum Gasteiger partial charge on any atom is -0.351 e. The van der Waals surface area contributed by atoms with Gasteiger partial charge in [0.15, 0.2) is 0 Å². The fourth-order valence-corrected chi connectivity index (χ4v) is 4.10. The van der Waals surface area contributed by atoms with Crippen LogP contribution in [0, 0.1) is 5.82 Å². The lowest BCUT2D eigenvalue weighted by Gasteiger charge is -2.13. The van der Waals surface area contributed by atoms with Crippen molar-refractivity contribution in [2.24, 2.45) is 0 Å². The average Bonchev–Trinajstić information content (AvgIpc) is 3.09. The second-order valence-corrected chi connectivity index (χ2v) is 7.28. The third-order valence-corrected chi connectivity index (χ3v) is 5.62. The van der Waals surface area contributed by atoms with E-state index < -0.39 is 5.82 Å². The molecular formula is C19H18ClFN2O2S. The van der Waals surface area contributed by atoms with Gasteiger partial charge in [-0.25, -0.2) is 4.39 Å². The maximum Gasteiger partial charge on any atom is 0.235 e. The van der Waals surface area contributed by atoms with Crippen LogP contribution in [0.2, 0.25) is 0 Å². The minimum absolute atomic E-state index is 0.0969. The largest absolute Gasteiger partial charge is 0.351 e. The SMILES string of the molecule is O=C(CCl)NCc1ccc(CNC(=O)C2CSc3ccccc32)c(F)c1. The molecule has 7 heteroatoms. The van der Waals surface area contributed by atoms with Crippen molar-refractivity contribution in [3.05, 3.63) is 65.0 Å². The van der Waals surface area contributed by atoms with E-state index in [9.17, 15) is 14.0 Å². The molecule has 2 aromatic carbocycles. The van der Waals surface area contributed by atoms with Gasteiger partial charge in [-0.05, 0) is 23.3 Å². The van der Waals surface area contributed by atoms with E-state index in [1.54, 1.807) is 23.9 Å². The Morgan fingerprint density at radius 3 is 2.73 bits per heavy atom. The first kappa shape index (κ1) is 18.7. The predicted octanol–water partition coefficient (Wildman–Crippen LogP) is 3.19. The Bertz CT molecular complexity index is 831. The lowest BCUT2D eigenvalue weighted by molar-refractivity contribution is -0.122. The molecule has 1 aliphatic rings. The summed E-state index contributed by atoms with van der Waals surface area (Å²) in [6, 6.07) is 12.6. The smallest absolute Gasteiger partial charge is 0.235 e. The van der Waals surface area contributed by atoms with Gasteiger partial charge in [0.25, 0.3) is 0 Å². The lowest BCUT2D eigenvalue weighted by Crippen LogP contribution is -2.29. The minimum atomic E-state index is -0.413. The van der Waals surface area contributed by atoms with Gasteiger partial charge in [-0.2, -0.15) is 0 Å². The second kappa shape index (κ2) is 8.56. The highest BCUT2D eigenvalue weighted by Crippen LogP contribution is 2.39. The van der Waals surface area contributed by atoms with Crippen LogP contribution in [0.5, 0.6) is 0 Å². The Balaban J connectivity index is 1.58. The van der Waals surface area contributed by atoms with Gasteiger partial charge in [-0.1, -0.05) is 30.3 Å². The number of carbonyl (C=O) groups excluding carboxylic acids is 2. The number of carbonyl (C=O) groups is 2. The first-order chi connectivity index (χ1) is 12.6. The topological polar surface area (TPSA) is 58.2 Å². The molecule has 0 saturated heterocycles. The normalized spacial score (nSPS) is 15.4. The van der Waals surface area contributed by atoms with Crippen molar-refractivity contribution in [3.8, 4) is 0 Å². The van der Waals surface area contributed by atoms with E-state index in [4.69, 9.17) is 11.6 Å². The van der Waals surface area contributed by atoms with Crippen molar-refractivity contribution in [1.82, 2.24) is 10.6 Å². The van der Waals surface area contributed by atoms with Crippen LogP contribution >= 0.6 is 23.4 Å². The number of fused-ring (bicyclic) bond motifs is 1. The van der Waals surface area contributed by atoms with E-state index in [2.05, 4.69) is 10.6 Å². The van der Waals surface area contributed by atoms with Gasteiger partial charge in [-0.15, -0.1) is 23.4 Å². The first-order valence-electron chi connectivity index (χ1n) is 8.18. The number of hydrogen-bond acceptors (Lipinski definition) is 3. The van der Waals surface area contributed by atoms with Crippen molar-refractivity contribution < 1.29 is 14.0 Å². The molecule has 0 spiro atoms. The molecule has 26 heavy (non-hydrogen) atoms. The van der Waals surface area contributed by atoms with Crippen LogP contribution in [0.3, 0.4) is 0 Å². The van der Waals surface area contributed by atoms with Gasteiger partial charge in [0.2, 0.25) is 11.8 Å². The molecule has 1 unspecified atom stereocenters. The summed E-state index contributed by atoms with van der Waals surface area (Å²) in [7, 11) is 0. The molecule has 2 N–H and O–H groups in total. The lowest BCUT2D eigenvalue weighted by atomic mass is 10.0. The molecule has 1 heterocycles. The van der Waals surface area contributed by atoms with Gasteiger partial charge in [0, 0.05) is 29.3 Å². The average molecular weight is 393 g/mol. The molecule has 1 aliphatic heterocycles. The highest BCUT2D eigenvalue weighted by molar-refractivity contribution is 7.99. The molecule has 0 fully saturated rings. The maximum atomic E-state index is 14.2. The van der Waals surface area contributed by atoms with E-state index in [0.717, 1.165) is 10.5 Å². The Kier molecular flexibility index (Phi) is 6.16. The van der Waals surface area contributed by atoms with Crippen LogP contribution in [-0.2, 0) is 22.7 Å². The summed E-state index contributed by atoms with van der Waals surface area (Å²) in [5.41, 5.74) is 2.07. The fraction of sp³-hybridized carbons (Fsp3) is 0.263. The quantitative estimate of drug-likeness (QED) is 0.742. The molecule has 0 radical (unpaired) electrons. The first-order valence-corrected chi connectivity index (χ1v) is 9.70. The molecule has 1 atom stereocenters. The van der Waals surface area contributed by atoms with Crippen molar-refractivity contribution in [3.63, 3.8) is 0 Å². The Labute approximate surface area is 160 Å². The van der Waals surface area contributed by atoms with Crippen molar-refractivity contribution in [1.29, 1.82) is 0 Å². The summed E-state index contributed by atoms with van der Waals surface area (Å²) in [4.78, 5) is 24.7. The summed E-state index contributed by atoms with van der Waals surface area (Å²) in [5.74, 6) is -0.450. The highest BCUT2D eigenvalue weighted by atomic mass is 35.5. The molecule has 0 aromatic heterocycles. The Morgan fingerprint density at radius 1 is 1.15 bits per heavy atom. The Morgan fingerprint density at radius 2 is 1.96 bits per heavy atom. The maximum absolute atomic E-state index is 14.2. The third-order valence-electron chi connectivity index (χ3n) is 4.20. The summed E-state index contributed by atoms with van der Waals surface area (Å²) in [5, 5.41) is 5.40. The Hall–Kier alpha value is -2.05. The number of hydrogen-bond donors (Lipinski definition) is 2. The molecule has 0 bridgehead atoms. The zero-order valence-corrected chi connectivity index (χ0v) is 15.5. The van der Waals surface area contributed by atoms with Crippen LogP contribution in [0.1, 0.15) is 22.6 Å². The second-order valence-electron chi connectivity index (χ2n) is 5.96. The zero-order valence-electron chi connectivity index (χ0n) is 13.9. The molecule has 3 rings (SSSR count). The van der Waals surface area contributed by atoms with Gasteiger partial charge in [0.1, 0.15) is 11.7 Å². The van der Waals surface area contributed by atoms with Crippen LogP contribution in [-0.4, -0.2) is 23.4 Å². The number of nitrogens with one attached hydrogen (secondary N) is 2. The van der Waals surface area contributed by atoms with Gasteiger partial charge in [-0.3, -0.25) is 9.59 Å². The predicted molar refractivity (Wildman–Crippen MR) is 101 cm³/mol. The van der Waals surface area contributed by atoms with Gasteiger partial charge in [0.05, 0.1) is 5.92 Å². The summed E-state index contributed by atoms with van der Waals surface area (Å²) in [6.45, 7) is 0.341. The molecule has 136 valence electrons. The monoisotopic (exact) mass is 392 g/mol. The van der Waals surface area contributed by atoms with E-state index >= 15 is 0 Å². The van der Waals surface area contributed by atoms with Crippen LogP contribution < -0.4 is 10.6 Å². The number of alkyl halides is 1. The number of benzene rings is 2. The van der Waals surface area contributed by atoms with Gasteiger partial charge >= 0.3 is 0 Å². The van der Waals surface area contributed by atoms with Crippen LogP contribution in [0.25, 0.3) is 0 Å². The standard InChI is InChI=1S/C19H18ClFN2O2S/c20-8-18(24)22-9-12-5-6-13(16(21)7-12)10-23-19(25)15-11-26-17-4-2-1-3-14(15)17/h1-7,15H,8-11H2,(H,22,24)(H,23,25). The van der Waals surface area contributed by atoms with Crippen LogP contribution in [0.4, 0.5) is 4.39 Å². The van der Waals surface area contributed by atoms with E-state index in [1.165, 1.54) is 6.07 Å². The molecule has 2 amide bonds. The fourth-order valence-electron chi connectivity index (χ4n) is 2.78. The van der Waals surface area contributed by atoms with E-state index in [0.29, 0.717) is 16.9 Å². The number of thioether (sulfide) groups is 1.